The third kappa shape index (κ3) is 3.86. The molecule has 0 saturated carbocycles. The van der Waals surface area contributed by atoms with Gasteiger partial charge < -0.3 is 14.2 Å². The molecule has 7 heteroatoms. The molecule has 0 aliphatic carbocycles. The Morgan fingerprint density at radius 1 is 1.07 bits per heavy atom. The van der Waals surface area contributed by atoms with Gasteiger partial charge in [-0.1, -0.05) is 30.3 Å². The molecular formula is C23H17NO6. The second kappa shape index (κ2) is 8.08. The fraction of sp³-hybridized carbons (Fsp3) is 0.0870. The first kappa shape index (κ1) is 19.2. The highest BCUT2D eigenvalue weighted by Gasteiger charge is 2.28. The van der Waals surface area contributed by atoms with E-state index in [-0.39, 0.29) is 17.2 Å². The van der Waals surface area contributed by atoms with E-state index in [1.807, 2.05) is 24.3 Å². The highest BCUT2D eigenvalue weighted by molar-refractivity contribution is 6.14. The Hall–Kier alpha value is -4.13. The summed E-state index contributed by atoms with van der Waals surface area (Å²) in [6.07, 6.45) is 1.49. The van der Waals surface area contributed by atoms with Crippen molar-refractivity contribution in [3.8, 4) is 17.2 Å². The van der Waals surface area contributed by atoms with Crippen molar-refractivity contribution in [1.29, 1.82) is 0 Å². The van der Waals surface area contributed by atoms with Gasteiger partial charge in [-0.2, -0.15) is 0 Å². The highest BCUT2D eigenvalue weighted by Crippen LogP contribution is 2.35. The van der Waals surface area contributed by atoms with Crippen molar-refractivity contribution in [2.75, 3.05) is 7.11 Å². The van der Waals surface area contributed by atoms with E-state index >= 15 is 0 Å². The fourth-order valence-electron chi connectivity index (χ4n) is 3.12. The summed E-state index contributed by atoms with van der Waals surface area (Å²) in [6.45, 7) is 0.299. The van der Waals surface area contributed by atoms with Gasteiger partial charge in [0.05, 0.1) is 17.6 Å². The van der Waals surface area contributed by atoms with E-state index in [9.17, 15) is 14.9 Å². The van der Waals surface area contributed by atoms with Gasteiger partial charge in [-0.3, -0.25) is 14.9 Å². The van der Waals surface area contributed by atoms with Crippen molar-refractivity contribution < 1.29 is 23.9 Å². The van der Waals surface area contributed by atoms with Crippen molar-refractivity contribution in [1.82, 2.24) is 0 Å². The molecule has 0 aromatic heterocycles. The Morgan fingerprint density at radius 3 is 2.70 bits per heavy atom. The number of Topliss-reactive ketones (excluding diaryl/α,β-unsaturated/α-hetero) is 1. The summed E-state index contributed by atoms with van der Waals surface area (Å²) in [5.41, 5.74) is 1.76. The lowest BCUT2D eigenvalue weighted by atomic mass is 10.1. The van der Waals surface area contributed by atoms with Crippen LogP contribution < -0.4 is 14.2 Å². The molecule has 0 N–H and O–H groups in total. The zero-order chi connectivity index (χ0) is 21.1. The van der Waals surface area contributed by atoms with E-state index in [1.54, 1.807) is 37.4 Å². The van der Waals surface area contributed by atoms with E-state index in [4.69, 9.17) is 14.2 Å². The first-order valence-corrected chi connectivity index (χ1v) is 9.12. The minimum atomic E-state index is -0.487. The number of ketones is 1. The second-order valence-corrected chi connectivity index (χ2v) is 6.55. The number of para-hydroxylation sites is 1. The number of carbonyl (C=O) groups is 1. The Morgan fingerprint density at radius 2 is 1.90 bits per heavy atom. The van der Waals surface area contributed by atoms with Crippen LogP contribution in [-0.2, 0) is 6.61 Å². The first-order chi connectivity index (χ1) is 14.5. The molecule has 4 rings (SSSR count). The van der Waals surface area contributed by atoms with Crippen molar-refractivity contribution in [3.05, 3.63) is 99.3 Å². The maximum atomic E-state index is 12.6. The second-order valence-electron chi connectivity index (χ2n) is 6.55. The van der Waals surface area contributed by atoms with Gasteiger partial charge in [0.15, 0.2) is 5.76 Å². The molecule has 0 spiro atoms. The van der Waals surface area contributed by atoms with Crippen molar-refractivity contribution in [2.45, 2.75) is 6.61 Å². The van der Waals surface area contributed by atoms with Crippen LogP contribution in [0.1, 0.15) is 21.5 Å². The number of hydrogen-bond acceptors (Lipinski definition) is 6. The first-order valence-electron chi connectivity index (χ1n) is 9.12. The summed E-state index contributed by atoms with van der Waals surface area (Å²) in [5, 5.41) is 10.9. The summed E-state index contributed by atoms with van der Waals surface area (Å²) in [6, 6.07) is 18.5. The molecule has 0 radical (unpaired) electrons. The molecule has 0 unspecified atom stereocenters. The Labute approximate surface area is 172 Å². The lowest BCUT2D eigenvalue weighted by molar-refractivity contribution is -0.384. The van der Waals surface area contributed by atoms with Crippen molar-refractivity contribution in [3.63, 3.8) is 0 Å². The van der Waals surface area contributed by atoms with Crippen LogP contribution in [0.5, 0.6) is 17.2 Å². The van der Waals surface area contributed by atoms with Gasteiger partial charge in [-0.15, -0.1) is 0 Å². The molecule has 3 aromatic rings. The SMILES string of the molecule is COc1ccccc1COc1ccc2c(c1)O/C(=C\c1cccc([N+](=O)[O-])c1)C2=O. The predicted molar refractivity (Wildman–Crippen MR) is 110 cm³/mol. The van der Waals surface area contributed by atoms with Crippen molar-refractivity contribution >= 4 is 17.5 Å². The number of carbonyl (C=O) groups excluding carboxylic acids is 1. The number of hydrogen-bond donors (Lipinski definition) is 0. The van der Waals surface area contributed by atoms with Gasteiger partial charge in [0.25, 0.3) is 5.69 Å². The number of allylic oxidation sites excluding steroid dienone is 1. The van der Waals surface area contributed by atoms with Crippen LogP contribution in [0.2, 0.25) is 0 Å². The van der Waals surface area contributed by atoms with E-state index in [2.05, 4.69) is 0 Å². The van der Waals surface area contributed by atoms with Crippen molar-refractivity contribution in [2.24, 2.45) is 0 Å². The van der Waals surface area contributed by atoms with Gasteiger partial charge in [-0.25, -0.2) is 0 Å². The summed E-state index contributed by atoms with van der Waals surface area (Å²) in [4.78, 5) is 23.1. The molecule has 1 aliphatic heterocycles. The number of benzene rings is 3. The van der Waals surface area contributed by atoms with Gasteiger partial charge in [0, 0.05) is 23.8 Å². The Balaban J connectivity index is 1.52. The zero-order valence-corrected chi connectivity index (χ0v) is 16.0. The normalized spacial score (nSPS) is 13.6. The van der Waals surface area contributed by atoms with E-state index in [1.165, 1.54) is 18.2 Å². The smallest absolute Gasteiger partial charge is 0.270 e. The molecule has 150 valence electrons. The minimum Gasteiger partial charge on any atom is -0.496 e. The molecule has 0 atom stereocenters. The molecule has 0 fully saturated rings. The van der Waals surface area contributed by atoms with Crippen LogP contribution in [0.25, 0.3) is 6.08 Å². The number of fused-ring (bicyclic) bond motifs is 1. The van der Waals surface area contributed by atoms with E-state index in [0.717, 1.165) is 11.3 Å². The number of nitrogens with zero attached hydrogens (tertiary/aromatic N) is 1. The average molecular weight is 403 g/mol. The van der Waals surface area contributed by atoms with Crippen LogP contribution in [0, 0.1) is 10.1 Å². The molecule has 0 amide bonds. The summed E-state index contributed by atoms with van der Waals surface area (Å²) in [7, 11) is 1.60. The van der Waals surface area contributed by atoms with Gasteiger partial charge in [0.2, 0.25) is 5.78 Å². The number of ether oxygens (including phenoxy) is 3. The number of nitro groups is 1. The van der Waals surface area contributed by atoms with Crippen LogP contribution in [0.15, 0.2) is 72.5 Å². The number of non-ortho nitro benzene ring substituents is 1. The zero-order valence-electron chi connectivity index (χ0n) is 16.0. The standard InChI is InChI=1S/C23H17NO6/c1-28-20-8-3-2-6-16(20)14-29-18-9-10-19-21(13-18)30-22(23(19)25)12-15-5-4-7-17(11-15)24(26)27/h2-13H,14H2,1H3/b22-12-. The monoisotopic (exact) mass is 403 g/mol. The third-order valence-electron chi connectivity index (χ3n) is 4.61. The predicted octanol–water partition coefficient (Wildman–Crippen LogP) is 4.80. The fourth-order valence-corrected chi connectivity index (χ4v) is 3.12. The third-order valence-corrected chi connectivity index (χ3v) is 4.61. The molecule has 0 bridgehead atoms. The lowest BCUT2D eigenvalue weighted by Gasteiger charge is -2.10. The molecule has 1 aliphatic rings. The van der Waals surface area contributed by atoms with Crippen LogP contribution in [0.3, 0.4) is 0 Å². The average Bonchev–Trinajstić information content (AvgIpc) is 3.07. The van der Waals surface area contributed by atoms with E-state index in [0.29, 0.717) is 29.2 Å². The molecule has 30 heavy (non-hydrogen) atoms. The largest absolute Gasteiger partial charge is 0.496 e. The maximum absolute atomic E-state index is 12.6. The number of methoxy groups -OCH3 is 1. The van der Waals surface area contributed by atoms with Gasteiger partial charge in [0.1, 0.15) is 23.9 Å². The summed E-state index contributed by atoms with van der Waals surface area (Å²) in [5.74, 6) is 1.48. The van der Waals surface area contributed by atoms with Gasteiger partial charge in [-0.05, 0) is 29.8 Å². The highest BCUT2D eigenvalue weighted by atomic mass is 16.6. The quantitative estimate of drug-likeness (QED) is 0.334. The molecule has 1 heterocycles. The maximum Gasteiger partial charge on any atom is 0.270 e. The summed E-state index contributed by atoms with van der Waals surface area (Å²) < 4.78 is 16.8. The molecule has 3 aromatic carbocycles. The van der Waals surface area contributed by atoms with Crippen LogP contribution >= 0.6 is 0 Å². The van der Waals surface area contributed by atoms with E-state index < -0.39 is 4.92 Å². The minimum absolute atomic E-state index is 0.0562. The number of nitro benzene ring substituents is 1. The number of rotatable bonds is 6. The topological polar surface area (TPSA) is 87.9 Å². The molecule has 7 nitrogen and oxygen atoms in total. The summed E-state index contributed by atoms with van der Waals surface area (Å²) >= 11 is 0. The van der Waals surface area contributed by atoms with Gasteiger partial charge >= 0.3 is 0 Å². The van der Waals surface area contributed by atoms with Crippen LogP contribution in [-0.4, -0.2) is 17.8 Å². The molecular weight excluding hydrogens is 386 g/mol. The molecule has 0 saturated heterocycles. The Kier molecular flexibility index (Phi) is 5.17. The van der Waals surface area contributed by atoms with Crippen LogP contribution in [0.4, 0.5) is 5.69 Å². The Bertz CT molecular complexity index is 1170. The lowest BCUT2D eigenvalue weighted by Crippen LogP contribution is -1.99.